The molecule has 0 aliphatic carbocycles. The summed E-state index contributed by atoms with van der Waals surface area (Å²) >= 11 is 0. The largest absolute Gasteiger partial charge is 0.487 e. The maximum absolute atomic E-state index is 11.5. The molecule has 18 heavy (non-hydrogen) atoms. The molecule has 0 spiro atoms. The Kier molecular flexibility index (Phi) is 4.62. The summed E-state index contributed by atoms with van der Waals surface area (Å²) in [6.45, 7) is 0.587. The molecule has 1 rings (SSSR count). The van der Waals surface area contributed by atoms with Crippen LogP contribution in [0.4, 0.5) is 5.69 Å². The first kappa shape index (κ1) is 14.4. The molecule has 0 saturated heterocycles. The van der Waals surface area contributed by atoms with E-state index in [1.54, 1.807) is 0 Å². The number of para-hydroxylation sites is 1. The first-order chi connectivity index (χ1) is 8.38. The van der Waals surface area contributed by atoms with Gasteiger partial charge in [0.05, 0.1) is 11.5 Å². The van der Waals surface area contributed by atoms with E-state index in [-0.39, 0.29) is 17.3 Å². The van der Waals surface area contributed by atoms with Crippen LogP contribution in [0.1, 0.15) is 6.42 Å². The highest BCUT2D eigenvalue weighted by Crippen LogP contribution is 2.33. The number of nitrogens with zero attached hydrogens (tertiary/aromatic N) is 1. The molecule has 0 aliphatic rings. The Morgan fingerprint density at radius 1 is 1.44 bits per heavy atom. The minimum atomic E-state index is -3.68. The smallest absolute Gasteiger partial charge is 0.329 e. The Balaban J connectivity index is 3.23. The van der Waals surface area contributed by atoms with Gasteiger partial charge in [0.15, 0.2) is 15.6 Å². The fourth-order valence-electron chi connectivity index (χ4n) is 1.36. The number of ether oxygens (including phenoxy) is 1. The van der Waals surface area contributed by atoms with Crippen LogP contribution in [-0.4, -0.2) is 32.7 Å². The predicted octanol–water partition coefficient (Wildman–Crippen LogP) is 0.726. The third-order valence-electron chi connectivity index (χ3n) is 2.15. The first-order valence-corrected chi connectivity index (χ1v) is 7.07. The monoisotopic (exact) mass is 274 g/mol. The van der Waals surface area contributed by atoms with Gasteiger partial charge in [-0.3, -0.25) is 10.1 Å². The molecule has 0 heterocycles. The van der Waals surface area contributed by atoms with Gasteiger partial charge < -0.3 is 10.5 Å². The van der Waals surface area contributed by atoms with Gasteiger partial charge in [0.1, 0.15) is 4.90 Å². The lowest BCUT2D eigenvalue weighted by atomic mass is 10.3. The highest BCUT2D eigenvalue weighted by atomic mass is 32.2. The second-order valence-corrected chi connectivity index (χ2v) is 5.61. The molecule has 0 aromatic heterocycles. The fourth-order valence-corrected chi connectivity index (χ4v) is 2.22. The van der Waals surface area contributed by atoms with Crippen LogP contribution in [0.2, 0.25) is 0 Å². The summed E-state index contributed by atoms with van der Waals surface area (Å²) in [6, 6.07) is 3.95. The van der Waals surface area contributed by atoms with E-state index in [4.69, 9.17) is 10.5 Å². The molecule has 8 heteroatoms. The molecule has 1 aromatic rings. The normalized spacial score (nSPS) is 11.2. The molecule has 0 aliphatic heterocycles. The summed E-state index contributed by atoms with van der Waals surface area (Å²) in [6.07, 6.45) is 1.44. The first-order valence-electron chi connectivity index (χ1n) is 5.18. The summed E-state index contributed by atoms with van der Waals surface area (Å²) < 4.78 is 28.1. The van der Waals surface area contributed by atoms with Gasteiger partial charge in [0, 0.05) is 6.26 Å². The highest BCUT2D eigenvalue weighted by molar-refractivity contribution is 7.90. The summed E-state index contributed by atoms with van der Waals surface area (Å²) in [7, 11) is -3.68. The molecule has 0 saturated carbocycles. The Labute approximate surface area is 105 Å². The van der Waals surface area contributed by atoms with Gasteiger partial charge in [-0.15, -0.1) is 0 Å². The van der Waals surface area contributed by atoms with Crippen molar-refractivity contribution in [1.29, 1.82) is 0 Å². The lowest BCUT2D eigenvalue weighted by Crippen LogP contribution is -2.09. The van der Waals surface area contributed by atoms with Gasteiger partial charge in [-0.2, -0.15) is 0 Å². The zero-order chi connectivity index (χ0) is 13.8. The lowest BCUT2D eigenvalue weighted by molar-refractivity contribution is -0.388. The second-order valence-electron chi connectivity index (χ2n) is 3.62. The van der Waals surface area contributed by atoms with Crippen molar-refractivity contribution in [3.05, 3.63) is 28.3 Å². The molecule has 2 N–H and O–H groups in total. The van der Waals surface area contributed by atoms with Gasteiger partial charge in [0.2, 0.25) is 0 Å². The standard InChI is InChI=1S/C10H14N2O5S/c1-18(15,16)9-5-2-4-8(10(9)12(13)14)17-7-3-6-11/h2,4-5H,3,6-7,11H2,1H3. The number of rotatable bonds is 6. The average Bonchev–Trinajstić information content (AvgIpc) is 2.27. The molecular weight excluding hydrogens is 260 g/mol. The minimum absolute atomic E-state index is 0.0589. The molecule has 7 nitrogen and oxygen atoms in total. The Morgan fingerprint density at radius 2 is 2.11 bits per heavy atom. The summed E-state index contributed by atoms with van der Waals surface area (Å²) in [5.41, 5.74) is 4.75. The van der Waals surface area contributed by atoms with Crippen molar-refractivity contribution < 1.29 is 18.1 Å². The molecule has 0 bridgehead atoms. The van der Waals surface area contributed by atoms with Crippen molar-refractivity contribution in [2.24, 2.45) is 5.73 Å². The maximum Gasteiger partial charge on any atom is 0.329 e. The van der Waals surface area contributed by atoms with Crippen LogP contribution in [0.25, 0.3) is 0 Å². The Morgan fingerprint density at radius 3 is 2.61 bits per heavy atom. The predicted molar refractivity (Wildman–Crippen MR) is 65.4 cm³/mol. The molecule has 0 atom stereocenters. The SMILES string of the molecule is CS(=O)(=O)c1cccc(OCCCN)c1[N+](=O)[O-]. The van der Waals surface area contributed by atoms with E-state index in [0.29, 0.717) is 13.0 Å². The van der Waals surface area contributed by atoms with Crippen LogP contribution in [0.5, 0.6) is 5.75 Å². The third kappa shape index (κ3) is 3.41. The van der Waals surface area contributed by atoms with Crippen molar-refractivity contribution in [2.45, 2.75) is 11.3 Å². The number of sulfone groups is 1. The molecule has 0 amide bonds. The van der Waals surface area contributed by atoms with Crippen LogP contribution in [0, 0.1) is 10.1 Å². The fraction of sp³-hybridized carbons (Fsp3) is 0.400. The van der Waals surface area contributed by atoms with Gasteiger partial charge >= 0.3 is 5.69 Å². The van der Waals surface area contributed by atoms with E-state index in [9.17, 15) is 18.5 Å². The van der Waals surface area contributed by atoms with Gasteiger partial charge in [-0.05, 0) is 25.1 Å². The zero-order valence-corrected chi connectivity index (χ0v) is 10.6. The van der Waals surface area contributed by atoms with Crippen LogP contribution >= 0.6 is 0 Å². The van der Waals surface area contributed by atoms with Crippen molar-refractivity contribution in [1.82, 2.24) is 0 Å². The topological polar surface area (TPSA) is 113 Å². The maximum atomic E-state index is 11.5. The Bertz CT molecular complexity index is 541. The number of hydrogen-bond acceptors (Lipinski definition) is 6. The van der Waals surface area contributed by atoms with E-state index < -0.39 is 20.4 Å². The molecule has 0 radical (unpaired) electrons. The quantitative estimate of drug-likeness (QED) is 0.464. The van der Waals surface area contributed by atoms with Crippen molar-refractivity contribution >= 4 is 15.5 Å². The van der Waals surface area contributed by atoms with E-state index in [2.05, 4.69) is 0 Å². The summed E-state index contributed by atoms with van der Waals surface area (Å²) in [4.78, 5) is 9.85. The van der Waals surface area contributed by atoms with Crippen LogP contribution in [0.15, 0.2) is 23.1 Å². The molecule has 0 unspecified atom stereocenters. The molecule has 100 valence electrons. The molecular formula is C10H14N2O5S. The minimum Gasteiger partial charge on any atom is -0.487 e. The Hall–Kier alpha value is -1.67. The molecule has 0 fully saturated rings. The second kappa shape index (κ2) is 5.78. The highest BCUT2D eigenvalue weighted by Gasteiger charge is 2.26. The summed E-state index contributed by atoms with van der Waals surface area (Å²) in [5, 5.41) is 11.0. The number of benzene rings is 1. The number of nitrogens with two attached hydrogens (primary N) is 1. The summed E-state index contributed by atoms with van der Waals surface area (Å²) in [5.74, 6) is -0.0589. The average molecular weight is 274 g/mol. The molecule has 1 aromatic carbocycles. The lowest BCUT2D eigenvalue weighted by Gasteiger charge is -2.08. The van der Waals surface area contributed by atoms with E-state index in [1.165, 1.54) is 18.2 Å². The van der Waals surface area contributed by atoms with Crippen molar-refractivity contribution in [2.75, 3.05) is 19.4 Å². The number of nitro groups is 1. The van der Waals surface area contributed by atoms with Crippen LogP contribution in [0.3, 0.4) is 0 Å². The number of nitro benzene ring substituents is 1. The van der Waals surface area contributed by atoms with Gasteiger partial charge in [-0.25, -0.2) is 8.42 Å². The van der Waals surface area contributed by atoms with E-state index >= 15 is 0 Å². The van der Waals surface area contributed by atoms with Crippen molar-refractivity contribution in [3.8, 4) is 5.75 Å². The van der Waals surface area contributed by atoms with E-state index in [0.717, 1.165) is 6.26 Å². The number of hydrogen-bond donors (Lipinski definition) is 1. The van der Waals surface area contributed by atoms with Crippen LogP contribution in [-0.2, 0) is 9.84 Å². The van der Waals surface area contributed by atoms with Gasteiger partial charge in [0.25, 0.3) is 0 Å². The third-order valence-corrected chi connectivity index (χ3v) is 3.28. The zero-order valence-electron chi connectivity index (χ0n) is 9.83. The van der Waals surface area contributed by atoms with Crippen molar-refractivity contribution in [3.63, 3.8) is 0 Å². The van der Waals surface area contributed by atoms with Crippen LogP contribution < -0.4 is 10.5 Å². The van der Waals surface area contributed by atoms with E-state index in [1.807, 2.05) is 0 Å². The van der Waals surface area contributed by atoms with Gasteiger partial charge in [-0.1, -0.05) is 6.07 Å².